The van der Waals surface area contributed by atoms with Gasteiger partial charge in [0.25, 0.3) is 0 Å². The number of likely N-dealkylation sites (tertiary alicyclic amines) is 1. The van der Waals surface area contributed by atoms with E-state index in [9.17, 15) is 41.7 Å². The van der Waals surface area contributed by atoms with Gasteiger partial charge in [0.05, 0.1) is 24.9 Å². The van der Waals surface area contributed by atoms with Gasteiger partial charge in [-0.25, -0.2) is 9.59 Å². The lowest BCUT2D eigenvalue weighted by Crippen LogP contribution is -2.76. The molecule has 0 spiro atoms. The Labute approximate surface area is 248 Å². The number of aliphatic carboxylic acids is 2. The molecule has 44 heavy (non-hydrogen) atoms. The van der Waals surface area contributed by atoms with Crippen molar-refractivity contribution in [3.63, 3.8) is 0 Å². The van der Waals surface area contributed by atoms with E-state index in [0.29, 0.717) is 26.1 Å². The highest BCUT2D eigenvalue weighted by atomic mass is 19.4. The Morgan fingerprint density at radius 1 is 0.955 bits per heavy atom. The molecular weight excluding hydrogens is 606 g/mol. The van der Waals surface area contributed by atoms with Gasteiger partial charge in [-0.3, -0.25) is 9.80 Å². The van der Waals surface area contributed by atoms with Crippen LogP contribution < -0.4 is 0 Å². The third-order valence-corrected chi connectivity index (χ3v) is 9.38. The van der Waals surface area contributed by atoms with Crippen LogP contribution in [0.25, 0.3) is 0 Å². The van der Waals surface area contributed by atoms with Gasteiger partial charge in [-0.15, -0.1) is 0 Å². The van der Waals surface area contributed by atoms with E-state index in [-0.39, 0.29) is 17.8 Å². The van der Waals surface area contributed by atoms with Crippen molar-refractivity contribution < 1.29 is 66.2 Å². The number of carboxylic acid groups (broad SMARTS) is 2. The molecule has 2 saturated carbocycles. The van der Waals surface area contributed by atoms with Crippen LogP contribution in [0.15, 0.2) is 18.2 Å². The predicted octanol–water partition coefficient (Wildman–Crippen LogP) is 2.52. The molecule has 10 nitrogen and oxygen atoms in total. The highest BCUT2D eigenvalue weighted by molar-refractivity contribution is 5.73. The Balaban J connectivity index is 0.000000265. The third-order valence-electron chi connectivity index (χ3n) is 9.38. The number of hydrogen-bond acceptors (Lipinski definition) is 8. The van der Waals surface area contributed by atoms with Crippen LogP contribution in [0.3, 0.4) is 0 Å². The van der Waals surface area contributed by atoms with Crippen molar-refractivity contribution in [1.82, 2.24) is 9.80 Å². The van der Waals surface area contributed by atoms with Crippen molar-refractivity contribution in [3.05, 3.63) is 29.3 Å². The number of ether oxygens (including phenoxy) is 1. The van der Waals surface area contributed by atoms with Crippen LogP contribution in [0.2, 0.25) is 0 Å². The molecule has 248 valence electrons. The number of aromatic hydroxyl groups is 1. The fraction of sp³-hybridized carbons (Fsp3) is 0.714. The van der Waals surface area contributed by atoms with Crippen molar-refractivity contribution in [2.45, 2.75) is 80.1 Å². The van der Waals surface area contributed by atoms with E-state index in [0.717, 1.165) is 50.5 Å². The average Bonchev–Trinajstić information content (AvgIpc) is 3.75. The molecule has 0 aromatic heterocycles. The molecule has 6 rings (SSSR count). The van der Waals surface area contributed by atoms with Crippen molar-refractivity contribution >= 4 is 11.9 Å². The second-order valence-corrected chi connectivity index (χ2v) is 12.1. The maximum Gasteiger partial charge on any atom is 0.490 e. The van der Waals surface area contributed by atoms with E-state index in [1.54, 1.807) is 6.07 Å². The van der Waals surface area contributed by atoms with Gasteiger partial charge in [0.15, 0.2) is 0 Å². The van der Waals surface area contributed by atoms with Crippen LogP contribution in [0.5, 0.6) is 5.75 Å². The molecule has 2 aliphatic heterocycles. The van der Waals surface area contributed by atoms with E-state index in [4.69, 9.17) is 24.5 Å². The predicted molar refractivity (Wildman–Crippen MR) is 140 cm³/mol. The van der Waals surface area contributed by atoms with Gasteiger partial charge in [0, 0.05) is 37.1 Å². The summed E-state index contributed by atoms with van der Waals surface area (Å²) in [5.41, 5.74) is 0.946. The lowest BCUT2D eigenvalue weighted by molar-refractivity contribution is -0.204. The van der Waals surface area contributed by atoms with Crippen LogP contribution >= 0.6 is 0 Å². The number of carboxylic acids is 2. The van der Waals surface area contributed by atoms with E-state index in [1.165, 1.54) is 18.4 Å². The number of morpholine rings is 1. The summed E-state index contributed by atoms with van der Waals surface area (Å²) >= 11 is 0. The van der Waals surface area contributed by atoms with E-state index >= 15 is 0 Å². The lowest BCUT2D eigenvalue weighted by Gasteiger charge is -2.66. The number of rotatable bonds is 3. The number of fused-ring (bicyclic) bond motifs is 1. The van der Waals surface area contributed by atoms with Gasteiger partial charge in [-0.1, -0.05) is 6.07 Å². The van der Waals surface area contributed by atoms with Crippen LogP contribution in [-0.2, 0) is 26.2 Å². The molecule has 0 amide bonds. The molecule has 5 atom stereocenters. The summed E-state index contributed by atoms with van der Waals surface area (Å²) in [5.74, 6) is -4.47. The molecule has 2 bridgehead atoms. The summed E-state index contributed by atoms with van der Waals surface area (Å²) in [6.45, 7) is 5.08. The molecule has 1 aromatic carbocycles. The number of benzene rings is 1. The Kier molecular flexibility index (Phi) is 9.81. The fourth-order valence-electron chi connectivity index (χ4n) is 7.19. The van der Waals surface area contributed by atoms with E-state index in [2.05, 4.69) is 9.80 Å². The smallest absolute Gasteiger partial charge is 0.490 e. The standard InChI is InChI=1S/C24H34N2O4.2C2HF3O2/c27-18-4-3-17-11-22-24(29)13-20(25-7-9-30-10-8-25)21(28)14-23(24,19(17)12-18)5-6-26(22)15-16-1-2-16;2*3-2(4,5)1(6)7/h3-4,12,16,20-22,27-29H,1-2,5-11,13-15H2;2*(H,6,7)/t20-,21+,22-,23-,24-;;/m1../s1. The average molecular weight is 643 g/mol. The van der Waals surface area contributed by atoms with Gasteiger partial charge in [-0.05, 0) is 74.2 Å². The normalized spacial score (nSPS) is 32.1. The Bertz CT molecular complexity index is 1180. The minimum Gasteiger partial charge on any atom is -0.508 e. The molecule has 4 fully saturated rings. The monoisotopic (exact) mass is 642 g/mol. The number of nitrogens with zero attached hydrogens (tertiary/aromatic N) is 2. The summed E-state index contributed by atoms with van der Waals surface area (Å²) in [4.78, 5) is 22.7. The molecule has 1 aromatic rings. The van der Waals surface area contributed by atoms with E-state index < -0.39 is 41.4 Å². The fourth-order valence-corrected chi connectivity index (χ4v) is 7.19. The van der Waals surface area contributed by atoms with Crippen LogP contribution in [0, 0.1) is 5.92 Å². The Hall–Kier alpha value is -2.66. The van der Waals surface area contributed by atoms with Crippen molar-refractivity contribution in [2.75, 3.05) is 39.4 Å². The summed E-state index contributed by atoms with van der Waals surface area (Å²) < 4.78 is 69.0. The molecule has 0 radical (unpaired) electrons. The lowest BCUT2D eigenvalue weighted by atomic mass is 9.48. The number of phenolic OH excluding ortho intramolecular Hbond substituents is 1. The van der Waals surface area contributed by atoms with Crippen molar-refractivity contribution in [3.8, 4) is 5.75 Å². The van der Waals surface area contributed by atoms with Gasteiger partial charge < -0.3 is 30.3 Å². The van der Waals surface area contributed by atoms with Crippen LogP contribution in [-0.4, -0.2) is 123 Å². The minimum absolute atomic E-state index is 0.0331. The first-order valence-corrected chi connectivity index (χ1v) is 14.3. The summed E-state index contributed by atoms with van der Waals surface area (Å²) in [7, 11) is 0. The number of alkyl halides is 6. The topological polar surface area (TPSA) is 151 Å². The first-order chi connectivity index (χ1) is 20.4. The molecule has 5 N–H and O–H groups in total. The van der Waals surface area contributed by atoms with Gasteiger partial charge in [-0.2, -0.15) is 26.3 Å². The minimum atomic E-state index is -5.08. The number of carbonyl (C=O) groups is 2. The molecule has 3 aliphatic carbocycles. The highest BCUT2D eigenvalue weighted by Gasteiger charge is 2.67. The van der Waals surface area contributed by atoms with Crippen LogP contribution in [0.4, 0.5) is 26.3 Å². The van der Waals surface area contributed by atoms with Gasteiger partial charge >= 0.3 is 24.3 Å². The number of piperidine rings is 1. The second kappa shape index (κ2) is 12.6. The number of aliphatic hydroxyl groups is 2. The Morgan fingerprint density at radius 3 is 2.05 bits per heavy atom. The maximum absolute atomic E-state index is 12.5. The maximum atomic E-state index is 12.5. The molecule has 0 unspecified atom stereocenters. The number of halogens is 6. The van der Waals surface area contributed by atoms with E-state index in [1.807, 2.05) is 12.1 Å². The van der Waals surface area contributed by atoms with Crippen molar-refractivity contribution in [2.24, 2.45) is 5.92 Å². The summed E-state index contributed by atoms with van der Waals surface area (Å²) in [6.07, 6.45) is -5.20. The largest absolute Gasteiger partial charge is 0.508 e. The van der Waals surface area contributed by atoms with Gasteiger partial charge in [0.2, 0.25) is 0 Å². The van der Waals surface area contributed by atoms with Crippen molar-refractivity contribution in [1.29, 1.82) is 0 Å². The zero-order chi connectivity index (χ0) is 32.7. The SMILES string of the molecule is O=C(O)C(F)(F)F.O=C(O)C(F)(F)F.Oc1ccc2c(c1)[C@]13CCN(CC4CC4)[C@H](C2)[C@]1(O)C[C@@H](N1CCOCC1)[C@@H](O)C3. The zero-order valence-electron chi connectivity index (χ0n) is 23.6. The quantitative estimate of drug-likeness (QED) is 0.311. The number of phenols is 1. The zero-order valence-corrected chi connectivity index (χ0v) is 23.6. The third kappa shape index (κ3) is 7.09. The second-order valence-electron chi connectivity index (χ2n) is 12.1. The first-order valence-electron chi connectivity index (χ1n) is 14.3. The number of hydrogen-bond donors (Lipinski definition) is 5. The first kappa shape index (κ1) is 34.2. The summed E-state index contributed by atoms with van der Waals surface area (Å²) in [5, 5.41) is 48.4. The Morgan fingerprint density at radius 2 is 1.52 bits per heavy atom. The van der Waals surface area contributed by atoms with Gasteiger partial charge in [0.1, 0.15) is 5.75 Å². The molecule has 2 heterocycles. The molecular formula is C28H36F6N2O8. The van der Waals surface area contributed by atoms with Crippen LogP contribution in [0.1, 0.15) is 43.2 Å². The molecule has 5 aliphatic rings. The number of aliphatic hydroxyl groups excluding tert-OH is 1. The molecule has 16 heteroatoms. The highest BCUT2D eigenvalue weighted by Crippen LogP contribution is 2.59. The summed E-state index contributed by atoms with van der Waals surface area (Å²) in [6, 6.07) is 5.74. The molecule has 2 saturated heterocycles.